The fraction of sp³-hybridized carbons (Fsp3) is 0.333. The lowest BCUT2D eigenvalue weighted by atomic mass is 10.1. The van der Waals surface area contributed by atoms with Crippen LogP contribution in [-0.2, 0) is 0 Å². The van der Waals surface area contributed by atoms with Crippen LogP contribution in [0.4, 0.5) is 5.82 Å². The van der Waals surface area contributed by atoms with Crippen molar-refractivity contribution in [1.82, 2.24) is 4.98 Å². The van der Waals surface area contributed by atoms with E-state index in [2.05, 4.69) is 4.90 Å². The average molecular weight is 286 g/mol. The standard InChI is InChI=1S/C15H18N4S/c16-15(17)12-10-14(19-6-3-8-20-9-7-19)18-13-5-2-1-4-11(12)13/h1-2,4-5,10H,3,6-9H2,(H3,16,17). The number of aromatic nitrogens is 1. The second-order valence-corrected chi connectivity index (χ2v) is 6.14. The zero-order valence-corrected chi connectivity index (χ0v) is 12.1. The van der Waals surface area contributed by atoms with E-state index in [1.165, 1.54) is 12.2 Å². The molecule has 20 heavy (non-hydrogen) atoms. The van der Waals surface area contributed by atoms with E-state index in [0.717, 1.165) is 41.1 Å². The van der Waals surface area contributed by atoms with Gasteiger partial charge in [0.2, 0.25) is 0 Å². The molecule has 2 heterocycles. The van der Waals surface area contributed by atoms with Crippen LogP contribution < -0.4 is 10.6 Å². The first-order valence-corrected chi connectivity index (χ1v) is 7.98. The van der Waals surface area contributed by atoms with Gasteiger partial charge >= 0.3 is 0 Å². The van der Waals surface area contributed by atoms with E-state index in [0.29, 0.717) is 0 Å². The number of nitrogen functional groups attached to an aromatic ring is 1. The highest BCUT2D eigenvalue weighted by molar-refractivity contribution is 7.99. The number of para-hydroxylation sites is 1. The van der Waals surface area contributed by atoms with Crippen molar-refractivity contribution in [3.8, 4) is 0 Å². The molecule has 1 aromatic heterocycles. The number of amidine groups is 1. The summed E-state index contributed by atoms with van der Waals surface area (Å²) in [5.41, 5.74) is 7.43. The summed E-state index contributed by atoms with van der Waals surface area (Å²) in [6.45, 7) is 2.03. The number of fused-ring (bicyclic) bond motifs is 1. The van der Waals surface area contributed by atoms with Crippen molar-refractivity contribution < 1.29 is 0 Å². The predicted octanol–water partition coefficient (Wildman–Crippen LogP) is 2.46. The maximum absolute atomic E-state index is 7.80. The van der Waals surface area contributed by atoms with Gasteiger partial charge in [0.1, 0.15) is 11.7 Å². The van der Waals surface area contributed by atoms with Crippen molar-refractivity contribution in [3.05, 3.63) is 35.9 Å². The molecule has 104 valence electrons. The number of nitrogens with two attached hydrogens (primary N) is 1. The molecule has 5 heteroatoms. The van der Waals surface area contributed by atoms with Crippen LogP contribution in [0, 0.1) is 5.41 Å². The number of nitrogens with zero attached hydrogens (tertiary/aromatic N) is 2. The summed E-state index contributed by atoms with van der Waals surface area (Å²) in [7, 11) is 0. The molecule has 1 saturated heterocycles. The van der Waals surface area contributed by atoms with Crippen molar-refractivity contribution in [2.24, 2.45) is 5.73 Å². The number of rotatable bonds is 2. The molecule has 4 nitrogen and oxygen atoms in total. The molecule has 3 rings (SSSR count). The molecule has 1 aliphatic heterocycles. The van der Waals surface area contributed by atoms with Crippen molar-refractivity contribution in [3.63, 3.8) is 0 Å². The molecular formula is C15H18N4S. The first kappa shape index (κ1) is 13.2. The summed E-state index contributed by atoms with van der Waals surface area (Å²) in [5.74, 6) is 3.39. The average Bonchev–Trinajstić information content (AvgIpc) is 2.75. The van der Waals surface area contributed by atoms with Crippen LogP contribution in [-0.4, -0.2) is 35.4 Å². The van der Waals surface area contributed by atoms with Crippen LogP contribution in [0.3, 0.4) is 0 Å². The largest absolute Gasteiger partial charge is 0.384 e. The Morgan fingerprint density at radius 3 is 2.95 bits per heavy atom. The quantitative estimate of drug-likeness (QED) is 0.657. The molecule has 0 atom stereocenters. The Morgan fingerprint density at radius 1 is 1.25 bits per heavy atom. The monoisotopic (exact) mass is 286 g/mol. The SMILES string of the molecule is N=C(N)c1cc(N2CCCSCC2)nc2ccccc12. The van der Waals surface area contributed by atoms with Gasteiger partial charge in [-0.15, -0.1) is 0 Å². The maximum Gasteiger partial charge on any atom is 0.130 e. The van der Waals surface area contributed by atoms with Crippen molar-refractivity contribution in [2.45, 2.75) is 6.42 Å². The smallest absolute Gasteiger partial charge is 0.130 e. The van der Waals surface area contributed by atoms with Crippen LogP contribution in [0.15, 0.2) is 30.3 Å². The van der Waals surface area contributed by atoms with Crippen LogP contribution in [0.5, 0.6) is 0 Å². The summed E-state index contributed by atoms with van der Waals surface area (Å²) in [4.78, 5) is 7.05. The van der Waals surface area contributed by atoms with Crippen LogP contribution in [0.1, 0.15) is 12.0 Å². The van der Waals surface area contributed by atoms with Gasteiger partial charge in [0, 0.05) is 29.8 Å². The summed E-state index contributed by atoms with van der Waals surface area (Å²) in [5, 5.41) is 8.75. The van der Waals surface area contributed by atoms with Gasteiger partial charge in [0.05, 0.1) is 5.52 Å². The molecule has 1 fully saturated rings. The zero-order chi connectivity index (χ0) is 13.9. The van der Waals surface area contributed by atoms with E-state index < -0.39 is 0 Å². The molecule has 0 unspecified atom stereocenters. The summed E-state index contributed by atoms with van der Waals surface area (Å²) < 4.78 is 0. The molecule has 0 radical (unpaired) electrons. The topological polar surface area (TPSA) is 66.0 Å². The third kappa shape index (κ3) is 2.58. The molecule has 3 N–H and O–H groups in total. The van der Waals surface area contributed by atoms with E-state index in [9.17, 15) is 0 Å². The van der Waals surface area contributed by atoms with Crippen LogP contribution >= 0.6 is 11.8 Å². The molecule has 0 spiro atoms. The van der Waals surface area contributed by atoms with Crippen molar-refractivity contribution in [1.29, 1.82) is 5.41 Å². The molecule has 1 aliphatic rings. The third-order valence-electron chi connectivity index (χ3n) is 3.54. The van der Waals surface area contributed by atoms with E-state index in [4.69, 9.17) is 16.1 Å². The van der Waals surface area contributed by atoms with E-state index >= 15 is 0 Å². The second kappa shape index (κ2) is 5.71. The Hall–Kier alpha value is -1.75. The first-order chi connectivity index (χ1) is 9.75. The number of thioether (sulfide) groups is 1. The zero-order valence-electron chi connectivity index (χ0n) is 11.3. The fourth-order valence-corrected chi connectivity index (χ4v) is 3.41. The van der Waals surface area contributed by atoms with Gasteiger partial charge in [-0.05, 0) is 24.3 Å². The number of anilines is 1. The minimum absolute atomic E-state index is 0.106. The van der Waals surface area contributed by atoms with Crippen molar-refractivity contribution >= 4 is 34.3 Å². The third-order valence-corrected chi connectivity index (χ3v) is 4.59. The summed E-state index contributed by atoms with van der Waals surface area (Å²) >= 11 is 1.99. The lowest BCUT2D eigenvalue weighted by Crippen LogP contribution is -2.27. The van der Waals surface area contributed by atoms with Gasteiger partial charge in [-0.1, -0.05) is 18.2 Å². The Bertz CT molecular complexity index is 633. The molecule has 0 aliphatic carbocycles. The molecule has 0 amide bonds. The Labute approximate surface area is 122 Å². The Kier molecular flexibility index (Phi) is 3.78. The first-order valence-electron chi connectivity index (χ1n) is 6.82. The summed E-state index contributed by atoms with van der Waals surface area (Å²) in [6, 6.07) is 9.85. The molecular weight excluding hydrogens is 268 g/mol. The number of nitrogens with one attached hydrogen (secondary N) is 1. The van der Waals surface area contributed by atoms with Crippen LogP contribution in [0.25, 0.3) is 10.9 Å². The highest BCUT2D eigenvalue weighted by atomic mass is 32.2. The normalized spacial score (nSPS) is 16.1. The molecule has 0 saturated carbocycles. The number of hydrogen-bond donors (Lipinski definition) is 2. The fourth-order valence-electron chi connectivity index (χ4n) is 2.52. The van der Waals surface area contributed by atoms with Gasteiger partial charge in [-0.2, -0.15) is 11.8 Å². The number of benzene rings is 1. The second-order valence-electron chi connectivity index (χ2n) is 4.91. The van der Waals surface area contributed by atoms with Gasteiger partial charge in [-0.3, -0.25) is 5.41 Å². The lowest BCUT2D eigenvalue weighted by Gasteiger charge is -2.22. The maximum atomic E-state index is 7.80. The van der Waals surface area contributed by atoms with E-state index in [1.54, 1.807) is 0 Å². The summed E-state index contributed by atoms with van der Waals surface area (Å²) in [6.07, 6.45) is 1.18. The van der Waals surface area contributed by atoms with E-state index in [1.807, 2.05) is 42.1 Å². The molecule has 0 bridgehead atoms. The van der Waals surface area contributed by atoms with Gasteiger partial charge in [-0.25, -0.2) is 4.98 Å². The van der Waals surface area contributed by atoms with Crippen molar-refractivity contribution in [2.75, 3.05) is 29.5 Å². The molecule has 1 aromatic carbocycles. The van der Waals surface area contributed by atoms with Gasteiger partial charge in [0.15, 0.2) is 0 Å². The predicted molar refractivity (Wildman–Crippen MR) is 86.9 cm³/mol. The van der Waals surface area contributed by atoms with Crippen LogP contribution in [0.2, 0.25) is 0 Å². The van der Waals surface area contributed by atoms with E-state index in [-0.39, 0.29) is 5.84 Å². The minimum atomic E-state index is 0.106. The minimum Gasteiger partial charge on any atom is -0.384 e. The Balaban J connectivity index is 2.09. The highest BCUT2D eigenvalue weighted by Gasteiger charge is 2.14. The lowest BCUT2D eigenvalue weighted by molar-refractivity contribution is 0.804. The van der Waals surface area contributed by atoms with Gasteiger partial charge in [0.25, 0.3) is 0 Å². The number of hydrogen-bond acceptors (Lipinski definition) is 4. The Morgan fingerprint density at radius 2 is 2.10 bits per heavy atom. The molecule has 2 aromatic rings. The number of pyridine rings is 1. The highest BCUT2D eigenvalue weighted by Crippen LogP contribution is 2.24. The van der Waals surface area contributed by atoms with Gasteiger partial charge < -0.3 is 10.6 Å².